The predicted octanol–water partition coefficient (Wildman–Crippen LogP) is 2.72. The topological polar surface area (TPSA) is 57.8 Å². The first kappa shape index (κ1) is 12.8. The van der Waals surface area contributed by atoms with E-state index < -0.39 is 0 Å². The Morgan fingerprint density at radius 1 is 1.39 bits per heavy atom. The number of halogens is 1. The largest absolute Gasteiger partial charge is 0.348 e. The van der Waals surface area contributed by atoms with Gasteiger partial charge in [0.15, 0.2) is 0 Å². The molecule has 2 aromatic rings. The maximum absolute atomic E-state index is 12.0. The van der Waals surface area contributed by atoms with Crippen LogP contribution in [0.4, 0.5) is 0 Å². The number of nitrogens with zero attached hydrogens (tertiary/aromatic N) is 1. The molecule has 4 nitrogen and oxygen atoms in total. The van der Waals surface area contributed by atoms with Gasteiger partial charge in [-0.3, -0.25) is 9.89 Å². The molecule has 0 spiro atoms. The van der Waals surface area contributed by atoms with E-state index in [4.69, 9.17) is 0 Å². The molecule has 2 rings (SSSR count). The second-order valence-electron chi connectivity index (χ2n) is 4.22. The van der Waals surface area contributed by atoms with Crippen molar-refractivity contribution in [3.8, 4) is 0 Å². The summed E-state index contributed by atoms with van der Waals surface area (Å²) in [5.74, 6) is -0.0833. The average Bonchev–Trinajstić information content (AvgIpc) is 2.70. The fourth-order valence-electron chi connectivity index (χ4n) is 1.70. The maximum atomic E-state index is 12.0. The average molecular weight is 308 g/mol. The smallest absolute Gasteiger partial charge is 0.251 e. The van der Waals surface area contributed by atoms with E-state index in [0.29, 0.717) is 12.1 Å². The second kappa shape index (κ2) is 5.35. The Morgan fingerprint density at radius 3 is 2.78 bits per heavy atom. The summed E-state index contributed by atoms with van der Waals surface area (Å²) >= 11 is 3.39. The highest BCUT2D eigenvalue weighted by atomic mass is 79.9. The minimum atomic E-state index is -0.0833. The third-order valence-electron chi connectivity index (χ3n) is 2.68. The first-order valence-corrected chi connectivity index (χ1v) is 6.40. The zero-order valence-electron chi connectivity index (χ0n) is 10.2. The molecule has 0 radical (unpaired) electrons. The number of H-pyrrole nitrogens is 1. The van der Waals surface area contributed by atoms with Gasteiger partial charge in [-0.2, -0.15) is 5.10 Å². The van der Waals surface area contributed by atoms with Crippen LogP contribution in [0.15, 0.2) is 28.9 Å². The number of benzene rings is 1. The van der Waals surface area contributed by atoms with Gasteiger partial charge in [-0.15, -0.1) is 0 Å². The van der Waals surface area contributed by atoms with Gasteiger partial charge in [0.25, 0.3) is 5.91 Å². The molecule has 0 unspecified atom stereocenters. The van der Waals surface area contributed by atoms with Crippen molar-refractivity contribution in [1.29, 1.82) is 0 Å². The molecular weight excluding hydrogens is 294 g/mol. The summed E-state index contributed by atoms with van der Waals surface area (Å²) < 4.78 is 0.909. The summed E-state index contributed by atoms with van der Waals surface area (Å²) in [7, 11) is 0. The number of hydrogen-bond donors (Lipinski definition) is 2. The van der Waals surface area contributed by atoms with Crippen LogP contribution in [0.25, 0.3) is 0 Å². The third kappa shape index (κ3) is 2.98. The van der Waals surface area contributed by atoms with Gasteiger partial charge in [0.05, 0.1) is 6.20 Å². The number of carbonyl (C=O) groups excluding carboxylic acids is 1. The highest BCUT2D eigenvalue weighted by Gasteiger charge is 2.08. The normalized spacial score (nSPS) is 10.4. The summed E-state index contributed by atoms with van der Waals surface area (Å²) in [6.07, 6.45) is 1.72. The molecule has 0 atom stereocenters. The van der Waals surface area contributed by atoms with Gasteiger partial charge in [0.2, 0.25) is 0 Å². The highest BCUT2D eigenvalue weighted by Crippen LogP contribution is 2.15. The van der Waals surface area contributed by atoms with Gasteiger partial charge >= 0.3 is 0 Å². The number of aromatic nitrogens is 2. The van der Waals surface area contributed by atoms with E-state index in [9.17, 15) is 4.79 Å². The molecule has 1 aromatic heterocycles. The second-order valence-corrected chi connectivity index (χ2v) is 5.14. The third-order valence-corrected chi connectivity index (χ3v) is 3.14. The Hall–Kier alpha value is -1.62. The number of aryl methyl sites for hydroxylation is 2. The van der Waals surface area contributed by atoms with Gasteiger partial charge in [-0.25, -0.2) is 0 Å². The lowest BCUT2D eigenvalue weighted by Crippen LogP contribution is -2.23. The van der Waals surface area contributed by atoms with Gasteiger partial charge in [-0.1, -0.05) is 15.9 Å². The molecule has 0 aliphatic carbocycles. The molecule has 0 aliphatic heterocycles. The lowest BCUT2D eigenvalue weighted by Gasteiger charge is -2.06. The van der Waals surface area contributed by atoms with E-state index >= 15 is 0 Å². The van der Waals surface area contributed by atoms with E-state index in [1.54, 1.807) is 6.20 Å². The zero-order chi connectivity index (χ0) is 13.1. The molecule has 0 fully saturated rings. The van der Waals surface area contributed by atoms with Crippen molar-refractivity contribution in [2.75, 3.05) is 0 Å². The molecule has 5 heteroatoms. The lowest BCUT2D eigenvalue weighted by molar-refractivity contribution is 0.0950. The molecule has 1 heterocycles. The van der Waals surface area contributed by atoms with E-state index in [-0.39, 0.29) is 5.91 Å². The summed E-state index contributed by atoms with van der Waals surface area (Å²) in [6.45, 7) is 4.37. The first-order valence-electron chi connectivity index (χ1n) is 5.60. The zero-order valence-corrected chi connectivity index (χ0v) is 11.8. The summed E-state index contributed by atoms with van der Waals surface area (Å²) in [5.41, 5.74) is 3.67. The van der Waals surface area contributed by atoms with Crippen LogP contribution in [0, 0.1) is 13.8 Å². The Bertz CT molecular complexity index is 557. The molecular formula is C13H14BrN3O. The molecule has 0 aliphatic rings. The standard InChI is InChI=1S/C13H14BrN3O/c1-8-3-10(5-12(14)4-8)13(18)15-6-11-7-16-17-9(11)2/h3-5,7H,6H2,1-2H3,(H,15,18)(H,16,17). The number of rotatable bonds is 3. The van der Waals surface area contributed by atoms with Crippen LogP contribution in [-0.4, -0.2) is 16.1 Å². The van der Waals surface area contributed by atoms with Gasteiger partial charge in [-0.05, 0) is 37.6 Å². The summed E-state index contributed by atoms with van der Waals surface area (Å²) in [6, 6.07) is 5.64. The van der Waals surface area contributed by atoms with Crippen molar-refractivity contribution >= 4 is 21.8 Å². The van der Waals surface area contributed by atoms with Crippen molar-refractivity contribution in [3.05, 3.63) is 51.3 Å². The monoisotopic (exact) mass is 307 g/mol. The highest BCUT2D eigenvalue weighted by molar-refractivity contribution is 9.10. The molecule has 1 aromatic carbocycles. The predicted molar refractivity (Wildman–Crippen MR) is 73.4 cm³/mol. The number of amides is 1. The Kier molecular flexibility index (Phi) is 3.81. The minimum absolute atomic E-state index is 0.0833. The Morgan fingerprint density at radius 2 is 2.17 bits per heavy atom. The Labute approximate surface area is 114 Å². The van der Waals surface area contributed by atoms with Crippen LogP contribution < -0.4 is 5.32 Å². The molecule has 94 valence electrons. The molecule has 0 bridgehead atoms. The van der Waals surface area contributed by atoms with Crippen molar-refractivity contribution in [1.82, 2.24) is 15.5 Å². The van der Waals surface area contributed by atoms with Crippen molar-refractivity contribution in [2.45, 2.75) is 20.4 Å². The van der Waals surface area contributed by atoms with Gasteiger partial charge in [0.1, 0.15) is 0 Å². The number of nitrogens with one attached hydrogen (secondary N) is 2. The Balaban J connectivity index is 2.06. The fourth-order valence-corrected chi connectivity index (χ4v) is 2.31. The van der Waals surface area contributed by atoms with E-state index in [1.165, 1.54) is 0 Å². The molecule has 2 N–H and O–H groups in total. The number of hydrogen-bond acceptors (Lipinski definition) is 2. The lowest BCUT2D eigenvalue weighted by atomic mass is 10.1. The maximum Gasteiger partial charge on any atom is 0.251 e. The summed E-state index contributed by atoms with van der Waals surface area (Å²) in [4.78, 5) is 12.0. The van der Waals surface area contributed by atoms with Crippen LogP contribution in [-0.2, 0) is 6.54 Å². The van der Waals surface area contributed by atoms with Crippen LogP contribution in [0.2, 0.25) is 0 Å². The molecule has 18 heavy (non-hydrogen) atoms. The SMILES string of the molecule is Cc1cc(Br)cc(C(=O)NCc2cn[nH]c2C)c1. The minimum Gasteiger partial charge on any atom is -0.348 e. The van der Waals surface area contributed by atoms with E-state index in [2.05, 4.69) is 31.4 Å². The van der Waals surface area contributed by atoms with Gasteiger partial charge < -0.3 is 5.32 Å². The van der Waals surface area contributed by atoms with Crippen molar-refractivity contribution in [2.24, 2.45) is 0 Å². The fraction of sp³-hybridized carbons (Fsp3) is 0.231. The van der Waals surface area contributed by atoms with Crippen molar-refractivity contribution < 1.29 is 4.79 Å². The number of aromatic amines is 1. The van der Waals surface area contributed by atoms with Crippen molar-refractivity contribution in [3.63, 3.8) is 0 Å². The molecule has 1 amide bonds. The van der Waals surface area contributed by atoms with Crippen LogP contribution in [0.1, 0.15) is 27.2 Å². The quantitative estimate of drug-likeness (QED) is 0.916. The molecule has 0 saturated carbocycles. The van der Waals surface area contributed by atoms with Crippen LogP contribution >= 0.6 is 15.9 Å². The molecule has 0 saturated heterocycles. The van der Waals surface area contributed by atoms with E-state index in [0.717, 1.165) is 21.3 Å². The van der Waals surface area contributed by atoms with Crippen LogP contribution in [0.5, 0.6) is 0 Å². The summed E-state index contributed by atoms with van der Waals surface area (Å²) in [5, 5.41) is 9.64. The van der Waals surface area contributed by atoms with E-state index in [1.807, 2.05) is 32.0 Å². The van der Waals surface area contributed by atoms with Crippen LogP contribution in [0.3, 0.4) is 0 Å². The first-order chi connectivity index (χ1) is 8.56. The van der Waals surface area contributed by atoms with Gasteiger partial charge in [0, 0.05) is 27.8 Å². The number of carbonyl (C=O) groups is 1.